The summed E-state index contributed by atoms with van der Waals surface area (Å²) in [6, 6.07) is 24.1. The normalized spacial score (nSPS) is 12.6. The molecule has 30 heavy (non-hydrogen) atoms. The number of carbonyl (C=O) groups excluding carboxylic acids is 1. The van der Waals surface area contributed by atoms with E-state index >= 15 is 0 Å². The first-order valence-electron chi connectivity index (χ1n) is 9.90. The van der Waals surface area contributed by atoms with Crippen LogP contribution in [0.4, 0.5) is 10.1 Å². The van der Waals surface area contributed by atoms with Gasteiger partial charge in [0.15, 0.2) is 0 Å². The zero-order valence-corrected chi connectivity index (χ0v) is 16.3. The molecule has 5 rings (SSSR count). The number of fused-ring (bicyclic) bond motifs is 1. The largest absolute Gasteiger partial charge is 0.308 e. The van der Waals surface area contributed by atoms with Crippen LogP contribution in [-0.2, 0) is 6.42 Å². The van der Waals surface area contributed by atoms with Crippen molar-refractivity contribution in [3.63, 3.8) is 0 Å². The third-order valence-electron chi connectivity index (χ3n) is 5.54. The van der Waals surface area contributed by atoms with Crippen molar-refractivity contribution < 1.29 is 9.18 Å². The number of hydrogen-bond acceptors (Lipinski definition) is 2. The lowest BCUT2D eigenvalue weighted by molar-refractivity contribution is 0.0989. The molecule has 0 fully saturated rings. The molecule has 0 bridgehead atoms. The number of hydrogen-bond donors (Lipinski definition) is 0. The predicted molar refractivity (Wildman–Crippen MR) is 117 cm³/mol. The van der Waals surface area contributed by atoms with Crippen LogP contribution in [0.25, 0.3) is 22.3 Å². The van der Waals surface area contributed by atoms with Crippen LogP contribution in [0.1, 0.15) is 15.9 Å². The van der Waals surface area contributed by atoms with E-state index in [0.717, 1.165) is 34.4 Å². The average Bonchev–Trinajstić information content (AvgIpc) is 3.23. The Bertz CT molecular complexity index is 1200. The molecule has 0 aliphatic carbocycles. The molecular formula is C26H19FN2O. The molecule has 2 heterocycles. The van der Waals surface area contributed by atoms with Gasteiger partial charge in [-0.25, -0.2) is 4.39 Å². The Morgan fingerprint density at radius 3 is 2.07 bits per heavy atom. The van der Waals surface area contributed by atoms with Crippen molar-refractivity contribution in [3.05, 3.63) is 108 Å². The number of anilines is 1. The van der Waals surface area contributed by atoms with E-state index in [-0.39, 0.29) is 11.7 Å². The second kappa shape index (κ2) is 7.56. The number of carbonyl (C=O) groups is 1. The first-order valence-corrected chi connectivity index (χ1v) is 9.90. The van der Waals surface area contributed by atoms with Gasteiger partial charge in [-0.2, -0.15) is 0 Å². The maximum Gasteiger partial charge on any atom is 0.258 e. The van der Waals surface area contributed by atoms with E-state index in [1.54, 1.807) is 24.5 Å². The minimum atomic E-state index is -0.259. The first kappa shape index (κ1) is 18.3. The van der Waals surface area contributed by atoms with Crippen LogP contribution < -0.4 is 4.90 Å². The number of rotatable bonds is 3. The number of halogens is 1. The number of benzene rings is 3. The Hall–Kier alpha value is -3.79. The minimum Gasteiger partial charge on any atom is -0.308 e. The van der Waals surface area contributed by atoms with Crippen molar-refractivity contribution in [1.82, 2.24) is 4.98 Å². The Labute approximate surface area is 174 Å². The van der Waals surface area contributed by atoms with E-state index in [4.69, 9.17) is 0 Å². The maximum absolute atomic E-state index is 13.1. The van der Waals surface area contributed by atoms with Gasteiger partial charge in [0.2, 0.25) is 0 Å². The van der Waals surface area contributed by atoms with Gasteiger partial charge < -0.3 is 4.90 Å². The second-order valence-corrected chi connectivity index (χ2v) is 7.37. The van der Waals surface area contributed by atoms with Crippen LogP contribution in [0.15, 0.2) is 91.3 Å². The number of pyridine rings is 1. The standard InChI is InChI=1S/C26H19FN2O/c27-24-8-5-19(6-9-24)18-1-3-21(4-2-18)26(30)29-16-13-23-17-22(7-10-25(23)29)20-11-14-28-15-12-20/h1-12,14-15,17H,13,16H2. The van der Waals surface area contributed by atoms with Gasteiger partial charge >= 0.3 is 0 Å². The highest BCUT2D eigenvalue weighted by Crippen LogP contribution is 2.33. The van der Waals surface area contributed by atoms with Gasteiger partial charge in [0.05, 0.1) is 0 Å². The Morgan fingerprint density at radius 2 is 1.37 bits per heavy atom. The van der Waals surface area contributed by atoms with E-state index < -0.39 is 0 Å². The van der Waals surface area contributed by atoms with Gasteiger partial charge in [-0.1, -0.05) is 30.3 Å². The molecule has 1 amide bonds. The quantitative estimate of drug-likeness (QED) is 0.443. The summed E-state index contributed by atoms with van der Waals surface area (Å²) in [5.41, 5.74) is 6.93. The fourth-order valence-corrected chi connectivity index (χ4v) is 3.94. The summed E-state index contributed by atoms with van der Waals surface area (Å²) < 4.78 is 13.1. The molecule has 0 spiro atoms. The van der Waals surface area contributed by atoms with Crippen molar-refractivity contribution in [2.45, 2.75) is 6.42 Å². The van der Waals surface area contributed by atoms with Gasteiger partial charge in [-0.05, 0) is 82.8 Å². The zero-order valence-electron chi connectivity index (χ0n) is 16.3. The van der Waals surface area contributed by atoms with Crippen LogP contribution in [0, 0.1) is 5.82 Å². The molecule has 1 aliphatic heterocycles. The highest BCUT2D eigenvalue weighted by atomic mass is 19.1. The summed E-state index contributed by atoms with van der Waals surface area (Å²) in [6.07, 6.45) is 4.41. The molecule has 0 radical (unpaired) electrons. The molecule has 1 aliphatic rings. The molecule has 3 nitrogen and oxygen atoms in total. The number of amides is 1. The summed E-state index contributed by atoms with van der Waals surface area (Å²) >= 11 is 0. The maximum atomic E-state index is 13.1. The van der Waals surface area contributed by atoms with Crippen LogP contribution in [0.3, 0.4) is 0 Å². The Kier molecular flexibility index (Phi) is 4.60. The molecule has 0 saturated carbocycles. The highest BCUT2D eigenvalue weighted by molar-refractivity contribution is 6.07. The van der Waals surface area contributed by atoms with Crippen LogP contribution in [0.5, 0.6) is 0 Å². The van der Waals surface area contributed by atoms with Crippen molar-refractivity contribution >= 4 is 11.6 Å². The average molecular weight is 394 g/mol. The smallest absolute Gasteiger partial charge is 0.258 e. The summed E-state index contributed by atoms with van der Waals surface area (Å²) in [6.45, 7) is 0.674. The van der Waals surface area contributed by atoms with Gasteiger partial charge in [0, 0.05) is 30.2 Å². The van der Waals surface area contributed by atoms with Gasteiger partial charge in [0.25, 0.3) is 5.91 Å². The van der Waals surface area contributed by atoms with E-state index in [0.29, 0.717) is 12.1 Å². The molecule has 0 saturated heterocycles. The zero-order chi connectivity index (χ0) is 20.5. The van der Waals surface area contributed by atoms with E-state index in [1.165, 1.54) is 17.7 Å². The molecule has 146 valence electrons. The van der Waals surface area contributed by atoms with E-state index in [1.807, 2.05) is 47.4 Å². The summed E-state index contributed by atoms with van der Waals surface area (Å²) in [5, 5.41) is 0. The van der Waals surface area contributed by atoms with Gasteiger partial charge in [0.1, 0.15) is 5.82 Å². The second-order valence-electron chi connectivity index (χ2n) is 7.37. The molecule has 4 aromatic rings. The summed E-state index contributed by atoms with van der Waals surface area (Å²) in [4.78, 5) is 19.0. The van der Waals surface area contributed by atoms with E-state index in [9.17, 15) is 9.18 Å². The topological polar surface area (TPSA) is 33.2 Å². The molecule has 0 unspecified atom stereocenters. The number of aromatic nitrogens is 1. The van der Waals surface area contributed by atoms with Crippen molar-refractivity contribution in [2.24, 2.45) is 0 Å². The highest BCUT2D eigenvalue weighted by Gasteiger charge is 2.25. The minimum absolute atomic E-state index is 0.00364. The van der Waals surface area contributed by atoms with Crippen molar-refractivity contribution in [2.75, 3.05) is 11.4 Å². The van der Waals surface area contributed by atoms with Crippen molar-refractivity contribution in [1.29, 1.82) is 0 Å². The predicted octanol–water partition coefficient (Wildman–Crippen LogP) is 5.76. The summed E-state index contributed by atoms with van der Waals surface area (Å²) in [5.74, 6) is -0.263. The molecule has 3 aromatic carbocycles. The third kappa shape index (κ3) is 3.37. The van der Waals surface area contributed by atoms with Crippen LogP contribution in [0.2, 0.25) is 0 Å². The van der Waals surface area contributed by atoms with Gasteiger partial charge in [-0.3, -0.25) is 9.78 Å². The first-order chi connectivity index (χ1) is 14.7. The SMILES string of the molecule is O=C(c1ccc(-c2ccc(F)cc2)cc1)N1CCc2cc(-c3ccncc3)ccc21. The van der Waals surface area contributed by atoms with Crippen molar-refractivity contribution in [3.8, 4) is 22.3 Å². The third-order valence-corrected chi connectivity index (χ3v) is 5.54. The molecule has 4 heteroatoms. The molecular weight excluding hydrogens is 375 g/mol. The lowest BCUT2D eigenvalue weighted by Crippen LogP contribution is -2.28. The summed E-state index contributed by atoms with van der Waals surface area (Å²) in [7, 11) is 0. The fraction of sp³-hybridized carbons (Fsp3) is 0.0769. The lowest BCUT2D eigenvalue weighted by Gasteiger charge is -2.18. The number of nitrogens with zero attached hydrogens (tertiary/aromatic N) is 2. The van der Waals surface area contributed by atoms with E-state index in [2.05, 4.69) is 17.1 Å². The van der Waals surface area contributed by atoms with Gasteiger partial charge in [-0.15, -0.1) is 0 Å². The monoisotopic (exact) mass is 394 g/mol. The van der Waals surface area contributed by atoms with Crippen LogP contribution in [-0.4, -0.2) is 17.4 Å². The lowest BCUT2D eigenvalue weighted by atomic mass is 10.0. The Balaban J connectivity index is 1.38. The fourth-order valence-electron chi connectivity index (χ4n) is 3.94. The molecule has 0 N–H and O–H groups in total. The Morgan fingerprint density at radius 1 is 0.767 bits per heavy atom. The molecule has 0 atom stereocenters. The molecule has 1 aromatic heterocycles. The van der Waals surface area contributed by atoms with Crippen LogP contribution >= 0.6 is 0 Å².